The van der Waals surface area contributed by atoms with Gasteiger partial charge in [0.1, 0.15) is 0 Å². The van der Waals surface area contributed by atoms with Crippen molar-refractivity contribution in [3.05, 3.63) is 29.8 Å². The summed E-state index contributed by atoms with van der Waals surface area (Å²) in [6.07, 6.45) is 6.05. The molecule has 1 saturated heterocycles. The van der Waals surface area contributed by atoms with E-state index in [1.54, 1.807) is 0 Å². The number of piperazine rings is 1. The lowest BCUT2D eigenvalue weighted by molar-refractivity contribution is -0.138. The molecule has 4 rings (SSSR count). The monoisotopic (exact) mass is 341 g/mol. The van der Waals surface area contributed by atoms with E-state index in [2.05, 4.69) is 11.4 Å². The van der Waals surface area contributed by atoms with E-state index >= 15 is 0 Å². The molecule has 1 atom stereocenters. The van der Waals surface area contributed by atoms with Crippen LogP contribution >= 0.6 is 0 Å². The predicted molar refractivity (Wildman–Crippen MR) is 97.4 cm³/mol. The first-order valence-corrected chi connectivity index (χ1v) is 9.63. The average Bonchev–Trinajstić information content (AvgIpc) is 2.60. The van der Waals surface area contributed by atoms with Crippen molar-refractivity contribution in [1.82, 2.24) is 10.2 Å². The highest BCUT2D eigenvalue weighted by Crippen LogP contribution is 2.29. The van der Waals surface area contributed by atoms with E-state index in [-0.39, 0.29) is 24.3 Å². The van der Waals surface area contributed by atoms with Gasteiger partial charge in [-0.3, -0.25) is 9.59 Å². The summed E-state index contributed by atoms with van der Waals surface area (Å²) < 4.78 is 0. The summed E-state index contributed by atoms with van der Waals surface area (Å²) in [5.41, 5.74) is 2.25. The Hall–Kier alpha value is -1.88. The maximum Gasteiger partial charge on any atom is 0.240 e. The van der Waals surface area contributed by atoms with Gasteiger partial charge in [0.05, 0.1) is 12.5 Å². The summed E-state index contributed by atoms with van der Waals surface area (Å²) in [6.45, 7) is 3.18. The first-order chi connectivity index (χ1) is 12.2. The zero-order valence-electron chi connectivity index (χ0n) is 14.7. The lowest BCUT2D eigenvalue weighted by atomic mass is 9.85. The molecule has 5 nitrogen and oxygen atoms in total. The quantitative estimate of drug-likeness (QED) is 0.911. The number of anilines is 1. The molecule has 134 valence electrons. The normalized spacial score (nSPS) is 24.0. The molecular formula is C20H27N3O2. The van der Waals surface area contributed by atoms with Crippen molar-refractivity contribution in [3.63, 3.8) is 0 Å². The van der Waals surface area contributed by atoms with E-state index in [9.17, 15) is 9.59 Å². The Morgan fingerprint density at radius 3 is 2.80 bits per heavy atom. The van der Waals surface area contributed by atoms with Crippen LogP contribution in [0, 0.1) is 5.92 Å². The molecule has 0 spiro atoms. The number of rotatable bonds is 4. The Morgan fingerprint density at radius 1 is 1.16 bits per heavy atom. The number of hydrogen-bond acceptors (Lipinski definition) is 3. The number of hydrogen-bond donors (Lipinski definition) is 1. The van der Waals surface area contributed by atoms with Crippen molar-refractivity contribution in [3.8, 4) is 0 Å². The van der Waals surface area contributed by atoms with Crippen molar-refractivity contribution in [2.45, 2.75) is 44.6 Å². The summed E-state index contributed by atoms with van der Waals surface area (Å²) >= 11 is 0. The van der Waals surface area contributed by atoms with Crippen LogP contribution in [0.5, 0.6) is 0 Å². The van der Waals surface area contributed by atoms with Crippen LogP contribution < -0.4 is 10.2 Å². The molecule has 1 unspecified atom stereocenters. The molecule has 1 saturated carbocycles. The summed E-state index contributed by atoms with van der Waals surface area (Å²) in [7, 11) is 0. The fraction of sp³-hybridized carbons (Fsp3) is 0.600. The molecule has 0 aromatic heterocycles. The highest BCUT2D eigenvalue weighted by atomic mass is 16.2. The number of aryl methyl sites for hydroxylation is 1. The third kappa shape index (κ3) is 3.43. The Kier molecular flexibility index (Phi) is 4.75. The number of nitrogens with zero attached hydrogens (tertiary/aromatic N) is 2. The third-order valence-corrected chi connectivity index (χ3v) is 5.88. The molecule has 1 aromatic carbocycles. The standard InChI is InChI=1S/C20H27N3O2/c24-19(23-11-4-8-16-7-1-2-9-18(16)23)13-17-20(25)22(12-10-21-17)14-15-5-3-6-15/h1-2,7,9,15,17,21H,3-6,8,10-14H2. The Bertz CT molecular complexity index is 656. The van der Waals surface area contributed by atoms with Gasteiger partial charge >= 0.3 is 0 Å². The molecule has 0 bridgehead atoms. The van der Waals surface area contributed by atoms with Crippen LogP contribution in [0.2, 0.25) is 0 Å². The zero-order valence-corrected chi connectivity index (χ0v) is 14.7. The molecule has 3 aliphatic rings. The maximum atomic E-state index is 12.9. The maximum absolute atomic E-state index is 12.9. The first-order valence-electron chi connectivity index (χ1n) is 9.63. The summed E-state index contributed by atoms with van der Waals surface area (Å²) in [4.78, 5) is 29.5. The van der Waals surface area contributed by atoms with Crippen molar-refractivity contribution in [1.29, 1.82) is 0 Å². The third-order valence-electron chi connectivity index (χ3n) is 5.88. The molecule has 5 heteroatoms. The Balaban J connectivity index is 1.41. The SMILES string of the molecule is O=C1C(CC(=O)N2CCCc3ccccc32)NCCN1CC1CCC1. The number of benzene rings is 1. The molecule has 25 heavy (non-hydrogen) atoms. The van der Waals surface area contributed by atoms with Crippen molar-refractivity contribution >= 4 is 17.5 Å². The average molecular weight is 341 g/mol. The van der Waals surface area contributed by atoms with Gasteiger partial charge < -0.3 is 15.1 Å². The second-order valence-corrected chi connectivity index (χ2v) is 7.57. The molecule has 1 aromatic rings. The molecular weight excluding hydrogens is 314 g/mol. The van der Waals surface area contributed by atoms with E-state index in [1.165, 1.54) is 24.8 Å². The fourth-order valence-corrected chi connectivity index (χ4v) is 4.20. The van der Waals surface area contributed by atoms with Crippen LogP contribution in [0.4, 0.5) is 5.69 Å². The fourth-order valence-electron chi connectivity index (χ4n) is 4.20. The van der Waals surface area contributed by atoms with Crippen LogP contribution in [0.25, 0.3) is 0 Å². The van der Waals surface area contributed by atoms with E-state index in [0.717, 1.165) is 44.7 Å². The highest BCUT2D eigenvalue weighted by molar-refractivity contribution is 5.98. The topological polar surface area (TPSA) is 52.7 Å². The smallest absolute Gasteiger partial charge is 0.240 e. The van der Waals surface area contributed by atoms with Crippen molar-refractivity contribution in [2.24, 2.45) is 5.92 Å². The number of fused-ring (bicyclic) bond motifs is 1. The zero-order chi connectivity index (χ0) is 17.2. The van der Waals surface area contributed by atoms with Crippen LogP contribution in [0.3, 0.4) is 0 Å². The van der Waals surface area contributed by atoms with E-state index in [1.807, 2.05) is 28.0 Å². The lowest BCUT2D eigenvalue weighted by Crippen LogP contribution is -2.57. The Labute approximate surface area is 149 Å². The van der Waals surface area contributed by atoms with Gasteiger partial charge in [-0.2, -0.15) is 0 Å². The van der Waals surface area contributed by atoms with Crippen LogP contribution in [0.15, 0.2) is 24.3 Å². The minimum absolute atomic E-state index is 0.0588. The molecule has 0 radical (unpaired) electrons. The minimum atomic E-state index is -0.365. The minimum Gasteiger partial charge on any atom is -0.340 e. The lowest BCUT2D eigenvalue weighted by Gasteiger charge is -2.38. The second-order valence-electron chi connectivity index (χ2n) is 7.57. The second kappa shape index (κ2) is 7.16. The molecule has 2 amide bonds. The van der Waals surface area contributed by atoms with Gasteiger partial charge in [-0.05, 0) is 43.2 Å². The summed E-state index contributed by atoms with van der Waals surface area (Å²) in [5.74, 6) is 0.840. The van der Waals surface area contributed by atoms with Crippen LogP contribution in [-0.4, -0.2) is 48.9 Å². The summed E-state index contributed by atoms with van der Waals surface area (Å²) in [6, 6.07) is 7.76. The van der Waals surface area contributed by atoms with Gasteiger partial charge in [-0.25, -0.2) is 0 Å². The molecule has 1 N–H and O–H groups in total. The molecule has 2 heterocycles. The highest BCUT2D eigenvalue weighted by Gasteiger charge is 2.34. The number of nitrogens with one attached hydrogen (secondary N) is 1. The van der Waals surface area contributed by atoms with Gasteiger partial charge in [0.15, 0.2) is 0 Å². The number of para-hydroxylation sites is 1. The summed E-state index contributed by atoms with van der Waals surface area (Å²) in [5, 5.41) is 3.26. The van der Waals surface area contributed by atoms with Gasteiger partial charge in [-0.1, -0.05) is 24.6 Å². The van der Waals surface area contributed by atoms with E-state index in [0.29, 0.717) is 5.92 Å². The van der Waals surface area contributed by atoms with Gasteiger partial charge in [0, 0.05) is 31.9 Å². The first kappa shape index (κ1) is 16.6. The van der Waals surface area contributed by atoms with Crippen molar-refractivity contribution < 1.29 is 9.59 Å². The number of amides is 2. The van der Waals surface area contributed by atoms with Crippen LogP contribution in [-0.2, 0) is 16.0 Å². The predicted octanol–water partition coefficient (Wildman–Crippen LogP) is 1.96. The number of carbonyl (C=O) groups excluding carboxylic acids is 2. The molecule has 1 aliphatic carbocycles. The van der Waals surface area contributed by atoms with Gasteiger partial charge in [-0.15, -0.1) is 0 Å². The van der Waals surface area contributed by atoms with E-state index in [4.69, 9.17) is 0 Å². The molecule has 2 aliphatic heterocycles. The van der Waals surface area contributed by atoms with Gasteiger partial charge in [0.25, 0.3) is 0 Å². The van der Waals surface area contributed by atoms with Crippen molar-refractivity contribution in [2.75, 3.05) is 31.1 Å². The van der Waals surface area contributed by atoms with Gasteiger partial charge in [0.2, 0.25) is 11.8 Å². The van der Waals surface area contributed by atoms with Crippen LogP contribution in [0.1, 0.15) is 37.7 Å². The molecule has 2 fully saturated rings. The number of carbonyl (C=O) groups is 2. The largest absolute Gasteiger partial charge is 0.340 e. The van der Waals surface area contributed by atoms with E-state index < -0.39 is 0 Å². The Morgan fingerprint density at radius 2 is 2.00 bits per heavy atom.